The smallest absolute Gasteiger partial charge is 0.376 e. The lowest BCUT2D eigenvalue weighted by molar-refractivity contribution is -0.159. The molecule has 0 fully saturated rings. The van der Waals surface area contributed by atoms with Crippen LogP contribution in [0, 0.1) is 0 Å². The van der Waals surface area contributed by atoms with Crippen molar-refractivity contribution in [3.63, 3.8) is 0 Å². The molecule has 12 heteroatoms. The highest BCUT2D eigenvalue weighted by Gasteiger charge is 2.38. The van der Waals surface area contributed by atoms with Gasteiger partial charge in [-0.15, -0.1) is 11.3 Å². The number of nitrogens with zero attached hydrogens (tertiary/aromatic N) is 5. The fraction of sp³-hybridized carbons (Fsp3) is 0.250. The first-order valence-electron chi connectivity index (χ1n) is 6.48. The van der Waals surface area contributed by atoms with Crippen molar-refractivity contribution in [3.8, 4) is 10.7 Å². The number of alkyl halides is 3. The predicted octanol–water partition coefficient (Wildman–Crippen LogP) is 2.35. The SMILES string of the molecule is CNC(=S)c1ncnn1Cc1ccc(-c2noc(C(F)(F)F)n2)s1. The Morgan fingerprint density at radius 2 is 2.21 bits per heavy atom. The van der Waals surface area contributed by atoms with Crippen LogP contribution >= 0.6 is 23.6 Å². The van der Waals surface area contributed by atoms with E-state index in [9.17, 15) is 13.2 Å². The molecule has 3 rings (SSSR count). The maximum Gasteiger partial charge on any atom is 0.471 e. The monoisotopic (exact) mass is 374 g/mol. The summed E-state index contributed by atoms with van der Waals surface area (Å²) in [7, 11) is 1.68. The van der Waals surface area contributed by atoms with Gasteiger partial charge in [-0.25, -0.2) is 9.67 Å². The van der Waals surface area contributed by atoms with Gasteiger partial charge in [0.1, 0.15) is 11.3 Å². The van der Waals surface area contributed by atoms with E-state index in [0.717, 1.165) is 4.88 Å². The Morgan fingerprint density at radius 1 is 1.42 bits per heavy atom. The third-order valence-electron chi connectivity index (χ3n) is 2.90. The van der Waals surface area contributed by atoms with Crippen LogP contribution in [-0.4, -0.2) is 36.9 Å². The number of aromatic nitrogens is 5. The van der Waals surface area contributed by atoms with Gasteiger partial charge in [-0.2, -0.15) is 23.3 Å². The number of nitrogens with one attached hydrogen (secondary N) is 1. The third-order valence-corrected chi connectivity index (χ3v) is 4.35. The molecule has 0 atom stereocenters. The van der Waals surface area contributed by atoms with Crippen molar-refractivity contribution in [1.29, 1.82) is 0 Å². The zero-order chi connectivity index (χ0) is 17.3. The molecule has 7 nitrogen and oxygen atoms in total. The molecule has 0 aliphatic carbocycles. The van der Waals surface area contributed by atoms with Crippen molar-refractivity contribution in [1.82, 2.24) is 30.2 Å². The fourth-order valence-electron chi connectivity index (χ4n) is 1.84. The summed E-state index contributed by atoms with van der Waals surface area (Å²) in [6, 6.07) is 3.37. The molecule has 3 aromatic heterocycles. The first-order valence-corrected chi connectivity index (χ1v) is 7.71. The second-order valence-corrected chi connectivity index (χ2v) is 6.08. The van der Waals surface area contributed by atoms with Crippen molar-refractivity contribution in [2.45, 2.75) is 12.7 Å². The lowest BCUT2D eigenvalue weighted by Crippen LogP contribution is -2.22. The van der Waals surface area contributed by atoms with E-state index in [-0.39, 0.29) is 5.82 Å². The van der Waals surface area contributed by atoms with E-state index in [4.69, 9.17) is 12.2 Å². The standard InChI is InChI=1S/C12H9F3N6OS2/c1-16-10(23)9-17-5-18-21(9)4-6-2-3-7(24-6)8-19-11(22-20-8)12(13,14)15/h2-3,5H,4H2,1H3,(H,16,23). The summed E-state index contributed by atoms with van der Waals surface area (Å²) in [5.41, 5.74) is 0. The second-order valence-electron chi connectivity index (χ2n) is 4.51. The molecule has 1 N–H and O–H groups in total. The van der Waals surface area contributed by atoms with Crippen molar-refractivity contribution in [2.24, 2.45) is 0 Å². The molecule has 0 radical (unpaired) electrons. The summed E-state index contributed by atoms with van der Waals surface area (Å²) in [5, 5.41) is 10.3. The van der Waals surface area contributed by atoms with Crippen LogP contribution in [0.15, 0.2) is 23.0 Å². The normalized spacial score (nSPS) is 11.7. The Morgan fingerprint density at radius 3 is 2.88 bits per heavy atom. The number of rotatable bonds is 4. The maximum absolute atomic E-state index is 12.5. The molecule has 0 unspecified atom stereocenters. The average Bonchev–Trinajstić information content (AvgIpc) is 3.25. The molecule has 0 saturated carbocycles. The van der Waals surface area contributed by atoms with Crippen molar-refractivity contribution < 1.29 is 17.7 Å². The largest absolute Gasteiger partial charge is 0.471 e. The van der Waals surface area contributed by atoms with E-state index >= 15 is 0 Å². The summed E-state index contributed by atoms with van der Waals surface area (Å²) in [6.45, 7) is 0.367. The van der Waals surface area contributed by atoms with Crippen LogP contribution in [0.3, 0.4) is 0 Å². The summed E-state index contributed by atoms with van der Waals surface area (Å²) >= 11 is 6.36. The van der Waals surface area contributed by atoms with Gasteiger partial charge in [-0.1, -0.05) is 17.4 Å². The molecule has 3 aromatic rings. The Balaban J connectivity index is 1.80. The minimum Gasteiger partial charge on any atom is -0.376 e. The van der Waals surface area contributed by atoms with E-state index < -0.39 is 12.1 Å². The zero-order valence-corrected chi connectivity index (χ0v) is 13.7. The summed E-state index contributed by atoms with van der Waals surface area (Å²) < 4.78 is 43.3. The van der Waals surface area contributed by atoms with Gasteiger partial charge in [0.25, 0.3) is 0 Å². The van der Waals surface area contributed by atoms with E-state index in [1.165, 1.54) is 17.7 Å². The lowest BCUT2D eigenvalue weighted by Gasteiger charge is -2.04. The second kappa shape index (κ2) is 6.28. The number of hydrogen-bond acceptors (Lipinski definition) is 7. The van der Waals surface area contributed by atoms with E-state index in [1.54, 1.807) is 23.9 Å². The van der Waals surface area contributed by atoms with Gasteiger partial charge in [0.2, 0.25) is 5.82 Å². The highest BCUT2D eigenvalue weighted by molar-refractivity contribution is 7.80. The first kappa shape index (κ1) is 16.5. The lowest BCUT2D eigenvalue weighted by atomic mass is 10.4. The molecule has 3 heterocycles. The Labute approximate surface area is 142 Å². The van der Waals surface area contributed by atoms with Crippen LogP contribution in [0.2, 0.25) is 0 Å². The molecule has 0 aliphatic heterocycles. The van der Waals surface area contributed by atoms with Crippen molar-refractivity contribution in [2.75, 3.05) is 7.05 Å². The van der Waals surface area contributed by atoms with Crippen LogP contribution in [0.4, 0.5) is 13.2 Å². The van der Waals surface area contributed by atoms with E-state index in [1.807, 2.05) is 0 Å². The molecule has 0 amide bonds. The Hall–Kier alpha value is -2.34. The Bertz CT molecular complexity index is 868. The zero-order valence-electron chi connectivity index (χ0n) is 12.0. The molecule has 0 bridgehead atoms. The van der Waals surface area contributed by atoms with Gasteiger partial charge in [0, 0.05) is 11.9 Å². The van der Waals surface area contributed by atoms with Crippen LogP contribution in [0.25, 0.3) is 10.7 Å². The van der Waals surface area contributed by atoms with Gasteiger partial charge in [0.05, 0.1) is 11.4 Å². The number of thiophene rings is 1. The minimum atomic E-state index is -4.66. The van der Waals surface area contributed by atoms with E-state index in [0.29, 0.717) is 22.2 Å². The average molecular weight is 374 g/mol. The molecular formula is C12H9F3N6OS2. The van der Waals surface area contributed by atoms with Crippen LogP contribution < -0.4 is 5.32 Å². The molecule has 0 spiro atoms. The topological polar surface area (TPSA) is 81.7 Å². The molecule has 24 heavy (non-hydrogen) atoms. The van der Waals surface area contributed by atoms with Crippen LogP contribution in [0.1, 0.15) is 16.6 Å². The van der Waals surface area contributed by atoms with Gasteiger partial charge in [-0.3, -0.25) is 0 Å². The van der Waals surface area contributed by atoms with Crippen molar-refractivity contribution >= 4 is 28.5 Å². The quantitative estimate of drug-likeness (QED) is 0.702. The summed E-state index contributed by atoms with van der Waals surface area (Å²) in [5.74, 6) is -0.977. The first-order chi connectivity index (χ1) is 11.4. The molecule has 126 valence electrons. The highest BCUT2D eigenvalue weighted by atomic mass is 32.1. The van der Waals surface area contributed by atoms with Gasteiger partial charge in [0.15, 0.2) is 5.82 Å². The number of hydrogen-bond donors (Lipinski definition) is 1. The summed E-state index contributed by atoms with van der Waals surface area (Å²) in [6.07, 6.45) is -3.29. The Kier molecular flexibility index (Phi) is 4.32. The molecule has 0 aliphatic rings. The maximum atomic E-state index is 12.5. The minimum absolute atomic E-state index is 0.108. The predicted molar refractivity (Wildman–Crippen MR) is 82.5 cm³/mol. The molecule has 0 aromatic carbocycles. The van der Waals surface area contributed by atoms with Gasteiger partial charge in [-0.05, 0) is 12.1 Å². The van der Waals surface area contributed by atoms with Crippen molar-refractivity contribution in [3.05, 3.63) is 35.1 Å². The van der Waals surface area contributed by atoms with E-state index in [2.05, 4.69) is 30.1 Å². The fourth-order valence-corrected chi connectivity index (χ4v) is 2.91. The molecule has 0 saturated heterocycles. The molecular weight excluding hydrogens is 365 g/mol. The number of halogens is 3. The number of thiocarbonyl (C=S) groups is 1. The highest BCUT2D eigenvalue weighted by Crippen LogP contribution is 2.31. The van der Waals surface area contributed by atoms with Gasteiger partial charge < -0.3 is 9.84 Å². The van der Waals surface area contributed by atoms with Gasteiger partial charge >= 0.3 is 12.1 Å². The van der Waals surface area contributed by atoms with Crippen LogP contribution in [-0.2, 0) is 12.7 Å². The third kappa shape index (κ3) is 3.28. The summed E-state index contributed by atoms with van der Waals surface area (Å²) in [4.78, 5) is 9.16. The van der Waals surface area contributed by atoms with Crippen LogP contribution in [0.5, 0.6) is 0 Å².